The van der Waals surface area contributed by atoms with Crippen LogP contribution in [0, 0.1) is 17.3 Å². The number of rotatable bonds is 1. The lowest BCUT2D eigenvalue weighted by atomic mass is 9.40. The molecule has 1 aliphatic heterocycles. The Morgan fingerprint density at radius 2 is 2.12 bits per heavy atom. The molecule has 0 aromatic rings. The molecule has 0 spiro atoms. The lowest BCUT2D eigenvalue weighted by Gasteiger charge is -2.72. The zero-order valence-electron chi connectivity index (χ0n) is 11.1. The van der Waals surface area contributed by atoms with Gasteiger partial charge in [0, 0.05) is 12.4 Å². The van der Waals surface area contributed by atoms with Crippen LogP contribution in [0.4, 0.5) is 0 Å². The second-order valence-corrected chi connectivity index (χ2v) is 6.49. The van der Waals surface area contributed by atoms with E-state index in [4.69, 9.17) is 5.73 Å². The van der Waals surface area contributed by atoms with Gasteiger partial charge in [-0.15, -0.1) is 0 Å². The van der Waals surface area contributed by atoms with Crippen molar-refractivity contribution in [1.29, 1.82) is 0 Å². The Labute approximate surface area is 104 Å². The molecule has 4 atom stereocenters. The summed E-state index contributed by atoms with van der Waals surface area (Å²) in [7, 11) is 0. The van der Waals surface area contributed by atoms with Crippen LogP contribution in [0.25, 0.3) is 0 Å². The number of nitrogens with zero attached hydrogens (tertiary/aromatic N) is 2. The molecule has 0 aromatic carbocycles. The summed E-state index contributed by atoms with van der Waals surface area (Å²) < 4.78 is 0. The molecule has 3 heteroatoms. The highest BCUT2D eigenvalue weighted by Crippen LogP contribution is 2.66. The van der Waals surface area contributed by atoms with E-state index >= 15 is 0 Å². The Bertz CT molecular complexity index is 385. The maximum absolute atomic E-state index is 6.18. The van der Waals surface area contributed by atoms with E-state index in [0.29, 0.717) is 11.3 Å². The first-order valence-electron chi connectivity index (χ1n) is 6.74. The second-order valence-electron chi connectivity index (χ2n) is 6.49. The second kappa shape index (κ2) is 3.35. The van der Waals surface area contributed by atoms with Crippen LogP contribution in [0.15, 0.2) is 17.3 Å². The van der Waals surface area contributed by atoms with Gasteiger partial charge in [-0.3, -0.25) is 10.7 Å². The van der Waals surface area contributed by atoms with E-state index in [1.807, 2.05) is 12.3 Å². The van der Waals surface area contributed by atoms with E-state index in [1.54, 1.807) is 0 Å². The van der Waals surface area contributed by atoms with Gasteiger partial charge in [-0.1, -0.05) is 20.8 Å². The van der Waals surface area contributed by atoms with Crippen molar-refractivity contribution in [2.45, 2.75) is 51.9 Å². The fraction of sp³-hybridized carbons (Fsp3) is 0.786. The minimum Gasteiger partial charge on any atom is -0.338 e. The molecule has 0 radical (unpaired) electrons. The maximum atomic E-state index is 6.18. The average Bonchev–Trinajstić information content (AvgIpc) is 2.30. The summed E-state index contributed by atoms with van der Waals surface area (Å²) >= 11 is 0. The molecule has 2 N–H and O–H groups in total. The number of fused-ring (bicyclic) bond motifs is 2. The first kappa shape index (κ1) is 11.3. The molecular weight excluding hydrogens is 210 g/mol. The number of allylic oxidation sites excluding steroid dienone is 1. The average molecular weight is 233 g/mol. The molecule has 94 valence electrons. The van der Waals surface area contributed by atoms with Crippen LogP contribution in [0.1, 0.15) is 40.0 Å². The quantitative estimate of drug-likeness (QED) is 0.755. The summed E-state index contributed by atoms with van der Waals surface area (Å²) in [5.41, 5.74) is 6.77. The van der Waals surface area contributed by atoms with Crippen molar-refractivity contribution in [1.82, 2.24) is 4.90 Å². The fourth-order valence-electron chi connectivity index (χ4n) is 4.60. The number of hydrogen-bond donors (Lipinski definition) is 1. The van der Waals surface area contributed by atoms with Crippen LogP contribution in [-0.4, -0.2) is 22.9 Å². The number of aliphatic imine (C=N–C) groups is 1. The smallest absolute Gasteiger partial charge is 0.173 e. The topological polar surface area (TPSA) is 41.6 Å². The highest BCUT2D eigenvalue weighted by Gasteiger charge is 2.67. The van der Waals surface area contributed by atoms with Crippen LogP contribution in [0.2, 0.25) is 0 Å². The van der Waals surface area contributed by atoms with Crippen molar-refractivity contribution in [3.05, 3.63) is 12.3 Å². The van der Waals surface area contributed by atoms with Crippen LogP contribution >= 0.6 is 0 Å². The summed E-state index contributed by atoms with van der Waals surface area (Å²) in [4.78, 5) is 6.67. The van der Waals surface area contributed by atoms with Crippen molar-refractivity contribution >= 4 is 6.21 Å². The third-order valence-corrected chi connectivity index (χ3v) is 5.77. The first-order valence-corrected chi connectivity index (χ1v) is 6.74. The van der Waals surface area contributed by atoms with Gasteiger partial charge >= 0.3 is 0 Å². The molecule has 3 nitrogen and oxygen atoms in total. The molecule has 4 unspecified atom stereocenters. The van der Waals surface area contributed by atoms with Crippen molar-refractivity contribution in [3.63, 3.8) is 0 Å². The normalized spacial score (nSPS) is 46.8. The van der Waals surface area contributed by atoms with Crippen molar-refractivity contribution in [2.75, 3.05) is 0 Å². The highest BCUT2D eigenvalue weighted by molar-refractivity contribution is 5.71. The van der Waals surface area contributed by atoms with Gasteiger partial charge < -0.3 is 4.90 Å². The summed E-state index contributed by atoms with van der Waals surface area (Å²) in [6.07, 6.45) is 9.78. The van der Waals surface area contributed by atoms with Gasteiger partial charge in [-0.05, 0) is 42.6 Å². The van der Waals surface area contributed by atoms with Crippen molar-refractivity contribution in [2.24, 2.45) is 28.0 Å². The third-order valence-electron chi connectivity index (χ3n) is 5.77. The first-order chi connectivity index (χ1) is 8.00. The maximum Gasteiger partial charge on any atom is 0.173 e. The largest absolute Gasteiger partial charge is 0.338 e. The minimum absolute atomic E-state index is 0.194. The zero-order valence-corrected chi connectivity index (χ0v) is 11.1. The Morgan fingerprint density at radius 3 is 2.71 bits per heavy atom. The Morgan fingerprint density at radius 1 is 1.35 bits per heavy atom. The molecule has 2 bridgehead atoms. The monoisotopic (exact) mass is 233 g/mol. The predicted octanol–water partition coefficient (Wildman–Crippen LogP) is 2.34. The van der Waals surface area contributed by atoms with Gasteiger partial charge in [0.2, 0.25) is 0 Å². The van der Waals surface area contributed by atoms with E-state index in [2.05, 4.69) is 36.9 Å². The Kier molecular flexibility index (Phi) is 2.22. The molecule has 4 aliphatic rings. The van der Waals surface area contributed by atoms with Gasteiger partial charge in [0.25, 0.3) is 0 Å². The molecule has 3 aliphatic carbocycles. The highest BCUT2D eigenvalue weighted by atomic mass is 15.4. The molecule has 0 aromatic heterocycles. The van der Waals surface area contributed by atoms with E-state index in [-0.39, 0.29) is 11.8 Å². The SMILES string of the molecule is CC1CCC2CC1(N1C=CC=NC1N)C2(C)C. The van der Waals surface area contributed by atoms with Crippen molar-refractivity contribution < 1.29 is 0 Å². The summed E-state index contributed by atoms with van der Waals surface area (Å²) in [6, 6.07) is 0. The van der Waals surface area contributed by atoms with Crippen molar-refractivity contribution in [3.8, 4) is 0 Å². The fourth-order valence-corrected chi connectivity index (χ4v) is 4.60. The molecule has 3 fully saturated rings. The summed E-state index contributed by atoms with van der Waals surface area (Å²) in [5, 5.41) is 0. The minimum atomic E-state index is -0.194. The van der Waals surface area contributed by atoms with E-state index in [0.717, 1.165) is 5.92 Å². The molecule has 1 heterocycles. The molecule has 0 amide bonds. The Hall–Kier alpha value is -0.830. The van der Waals surface area contributed by atoms with Gasteiger partial charge in [-0.2, -0.15) is 0 Å². The summed E-state index contributed by atoms with van der Waals surface area (Å²) in [5.74, 6) is 1.57. The van der Waals surface area contributed by atoms with E-state index in [1.165, 1.54) is 19.3 Å². The van der Waals surface area contributed by atoms with Gasteiger partial charge in [-0.25, -0.2) is 0 Å². The van der Waals surface area contributed by atoms with Gasteiger partial charge in [0.05, 0.1) is 5.54 Å². The Balaban J connectivity index is 1.99. The number of nitrogens with two attached hydrogens (primary N) is 1. The zero-order chi connectivity index (χ0) is 12.3. The van der Waals surface area contributed by atoms with E-state index in [9.17, 15) is 0 Å². The predicted molar refractivity (Wildman–Crippen MR) is 70.5 cm³/mol. The molecular formula is C14H23N3. The van der Waals surface area contributed by atoms with Crippen LogP contribution in [-0.2, 0) is 0 Å². The van der Waals surface area contributed by atoms with Gasteiger partial charge in [0.15, 0.2) is 6.29 Å². The van der Waals surface area contributed by atoms with Crippen LogP contribution in [0.5, 0.6) is 0 Å². The molecule has 3 saturated carbocycles. The molecule has 0 saturated heterocycles. The third kappa shape index (κ3) is 1.18. The summed E-state index contributed by atoms with van der Waals surface area (Å²) in [6.45, 7) is 7.21. The van der Waals surface area contributed by atoms with Gasteiger partial charge in [0.1, 0.15) is 0 Å². The van der Waals surface area contributed by atoms with Crippen LogP contribution in [0.3, 0.4) is 0 Å². The standard InChI is InChI=1S/C14H23N3/c1-10-5-6-11-9-14(10,13(11,2)3)17-8-4-7-16-12(17)15/h4,7-8,10-12H,5-6,9,15H2,1-3H3. The molecule has 17 heavy (non-hydrogen) atoms. The molecule has 4 rings (SSSR count). The van der Waals surface area contributed by atoms with Crippen LogP contribution < -0.4 is 5.73 Å². The lowest BCUT2D eigenvalue weighted by Crippen LogP contribution is -2.75. The lowest BCUT2D eigenvalue weighted by molar-refractivity contribution is -0.207. The number of hydrogen-bond acceptors (Lipinski definition) is 3. The van der Waals surface area contributed by atoms with E-state index < -0.39 is 0 Å².